The third kappa shape index (κ3) is 4.54. The molecule has 2 aromatic carbocycles. The van der Waals surface area contributed by atoms with E-state index in [9.17, 15) is 24.1 Å². The lowest BCUT2D eigenvalue weighted by Gasteiger charge is -2.31. The normalized spacial score (nSPS) is 15.0. The minimum Gasteiger partial charge on any atom is -0.345 e. The van der Waals surface area contributed by atoms with Crippen LogP contribution in [0.2, 0.25) is 5.02 Å². The molecular weight excluding hydrogens is 401 g/mol. The van der Waals surface area contributed by atoms with Gasteiger partial charge in [-0.15, -0.1) is 0 Å². The summed E-state index contributed by atoms with van der Waals surface area (Å²) in [5, 5.41) is 16.4. The summed E-state index contributed by atoms with van der Waals surface area (Å²) in [6.07, 6.45) is 3.23. The van der Waals surface area contributed by atoms with Crippen molar-refractivity contribution in [3.05, 3.63) is 74.5 Å². The molecule has 0 bridgehead atoms. The summed E-state index contributed by atoms with van der Waals surface area (Å²) in [6, 6.07) is 9.89. The van der Waals surface area contributed by atoms with Gasteiger partial charge in [0.2, 0.25) is 5.91 Å². The second-order valence-corrected chi connectivity index (χ2v) is 7.33. The van der Waals surface area contributed by atoms with Gasteiger partial charge in [-0.1, -0.05) is 42.6 Å². The lowest BCUT2D eigenvalue weighted by Crippen LogP contribution is -2.48. The monoisotopic (exact) mass is 419 g/mol. The number of hydrogen-bond donors (Lipinski definition) is 2. The number of nitrogens with one attached hydrogen (secondary N) is 2. The molecule has 1 saturated carbocycles. The molecule has 0 unspecified atom stereocenters. The molecule has 152 valence electrons. The molecule has 1 aliphatic rings. The number of rotatable bonds is 6. The van der Waals surface area contributed by atoms with Crippen LogP contribution in [0.25, 0.3) is 0 Å². The van der Waals surface area contributed by atoms with Crippen LogP contribution in [0.5, 0.6) is 0 Å². The Kier molecular flexibility index (Phi) is 6.12. The molecule has 2 aromatic rings. The minimum absolute atomic E-state index is 0.0734. The van der Waals surface area contributed by atoms with Gasteiger partial charge in [0, 0.05) is 6.07 Å². The lowest BCUT2D eigenvalue weighted by molar-refractivity contribution is -0.385. The maximum absolute atomic E-state index is 13.3. The lowest BCUT2D eigenvalue weighted by atomic mass is 9.88. The molecule has 2 N–H and O–H groups in total. The van der Waals surface area contributed by atoms with Crippen LogP contribution in [0, 0.1) is 15.9 Å². The van der Waals surface area contributed by atoms with Gasteiger partial charge in [-0.05, 0) is 36.6 Å². The van der Waals surface area contributed by atoms with Gasteiger partial charge < -0.3 is 10.6 Å². The maximum atomic E-state index is 13.3. The molecule has 29 heavy (non-hydrogen) atoms. The Bertz CT molecular complexity index is 943. The molecule has 0 radical (unpaired) electrons. The number of nitro groups is 1. The zero-order valence-corrected chi connectivity index (χ0v) is 16.2. The van der Waals surface area contributed by atoms with E-state index in [0.717, 1.165) is 18.4 Å². The molecule has 0 spiro atoms. The first-order chi connectivity index (χ1) is 13.8. The first-order valence-electron chi connectivity index (χ1n) is 9.10. The highest BCUT2D eigenvalue weighted by molar-refractivity contribution is 6.34. The van der Waals surface area contributed by atoms with Crippen molar-refractivity contribution in [1.29, 1.82) is 0 Å². The van der Waals surface area contributed by atoms with Gasteiger partial charge in [0.05, 0.1) is 22.0 Å². The van der Waals surface area contributed by atoms with Crippen LogP contribution < -0.4 is 10.6 Å². The van der Waals surface area contributed by atoms with Crippen LogP contribution >= 0.6 is 11.6 Å². The summed E-state index contributed by atoms with van der Waals surface area (Å²) in [7, 11) is 0. The van der Waals surface area contributed by atoms with Crippen molar-refractivity contribution in [3.8, 4) is 0 Å². The van der Waals surface area contributed by atoms with Crippen LogP contribution in [-0.4, -0.2) is 23.3 Å². The van der Waals surface area contributed by atoms with Crippen LogP contribution in [-0.2, 0) is 10.3 Å². The van der Waals surface area contributed by atoms with E-state index in [-0.39, 0.29) is 22.9 Å². The second kappa shape index (κ2) is 8.57. The molecule has 0 aromatic heterocycles. The predicted octanol–water partition coefficient (Wildman–Crippen LogP) is 3.70. The second-order valence-electron chi connectivity index (χ2n) is 6.92. The van der Waals surface area contributed by atoms with Gasteiger partial charge in [-0.25, -0.2) is 4.39 Å². The fourth-order valence-corrected chi connectivity index (χ4v) is 3.94. The summed E-state index contributed by atoms with van der Waals surface area (Å²) in [4.78, 5) is 35.3. The number of halogens is 2. The Morgan fingerprint density at radius 2 is 1.79 bits per heavy atom. The molecular formula is C20H19ClFN3O4. The molecule has 0 saturated heterocycles. The fraction of sp³-hybridized carbons (Fsp3) is 0.300. The molecule has 1 fully saturated rings. The van der Waals surface area contributed by atoms with Gasteiger partial charge in [0.25, 0.3) is 11.6 Å². The maximum Gasteiger partial charge on any atom is 0.283 e. The fourth-order valence-electron chi connectivity index (χ4n) is 3.68. The number of nitro benzene ring substituents is 1. The number of carbonyl (C=O) groups excluding carboxylic acids is 2. The van der Waals surface area contributed by atoms with E-state index in [1.807, 2.05) is 0 Å². The van der Waals surface area contributed by atoms with Crippen molar-refractivity contribution in [3.63, 3.8) is 0 Å². The minimum atomic E-state index is -0.806. The number of benzene rings is 2. The van der Waals surface area contributed by atoms with E-state index in [2.05, 4.69) is 10.6 Å². The van der Waals surface area contributed by atoms with Crippen LogP contribution in [0.1, 0.15) is 41.6 Å². The van der Waals surface area contributed by atoms with E-state index in [1.54, 1.807) is 12.1 Å². The Morgan fingerprint density at radius 3 is 2.41 bits per heavy atom. The van der Waals surface area contributed by atoms with Gasteiger partial charge in [-0.2, -0.15) is 0 Å². The Balaban J connectivity index is 1.70. The molecule has 0 atom stereocenters. The average molecular weight is 420 g/mol. The highest BCUT2D eigenvalue weighted by atomic mass is 35.5. The molecule has 3 rings (SSSR count). The Labute approximate surface area is 171 Å². The smallest absolute Gasteiger partial charge is 0.283 e. The van der Waals surface area contributed by atoms with Crippen molar-refractivity contribution in [2.75, 3.05) is 6.54 Å². The Hall–Kier alpha value is -3.00. The standard InChI is InChI=1S/C20H19ClFN3O4/c21-15-4-3-5-16(25(28)29)18(15)19(27)23-12-17(26)24-20(10-1-2-11-20)13-6-8-14(22)9-7-13/h3-9H,1-2,10-12H2,(H,23,27)(H,24,26). The quantitative estimate of drug-likeness (QED) is 0.550. The molecule has 1 aliphatic carbocycles. The largest absolute Gasteiger partial charge is 0.345 e. The van der Waals surface area contributed by atoms with E-state index < -0.39 is 28.0 Å². The highest BCUT2D eigenvalue weighted by Crippen LogP contribution is 2.38. The third-order valence-electron chi connectivity index (χ3n) is 5.06. The molecule has 0 aliphatic heterocycles. The predicted molar refractivity (Wildman–Crippen MR) is 105 cm³/mol. The van der Waals surface area contributed by atoms with Crippen molar-refractivity contribution in [2.24, 2.45) is 0 Å². The Morgan fingerprint density at radius 1 is 1.14 bits per heavy atom. The summed E-state index contributed by atoms with van der Waals surface area (Å²) >= 11 is 5.94. The molecule has 7 nitrogen and oxygen atoms in total. The summed E-state index contributed by atoms with van der Waals surface area (Å²) in [6.45, 7) is -0.371. The molecule has 9 heteroatoms. The van der Waals surface area contributed by atoms with E-state index >= 15 is 0 Å². The van der Waals surface area contributed by atoms with Crippen molar-refractivity contribution < 1.29 is 18.9 Å². The SMILES string of the molecule is O=C(CNC(=O)c1c(Cl)cccc1[N+](=O)[O-])NC1(c2ccc(F)cc2)CCCC1. The van der Waals surface area contributed by atoms with Crippen LogP contribution in [0.4, 0.5) is 10.1 Å². The summed E-state index contributed by atoms with van der Waals surface area (Å²) in [5.74, 6) is -1.61. The van der Waals surface area contributed by atoms with Gasteiger partial charge in [0.15, 0.2) is 0 Å². The molecule has 2 amide bonds. The van der Waals surface area contributed by atoms with Gasteiger partial charge >= 0.3 is 0 Å². The van der Waals surface area contributed by atoms with E-state index in [1.165, 1.54) is 30.3 Å². The zero-order valence-electron chi connectivity index (χ0n) is 15.4. The average Bonchev–Trinajstić information content (AvgIpc) is 3.15. The van der Waals surface area contributed by atoms with Crippen molar-refractivity contribution >= 4 is 29.1 Å². The van der Waals surface area contributed by atoms with E-state index in [4.69, 9.17) is 11.6 Å². The van der Waals surface area contributed by atoms with Crippen LogP contribution in [0.15, 0.2) is 42.5 Å². The summed E-state index contributed by atoms with van der Waals surface area (Å²) in [5.41, 5.74) is -0.542. The zero-order chi connectivity index (χ0) is 21.0. The topological polar surface area (TPSA) is 101 Å². The first kappa shape index (κ1) is 20.7. The van der Waals surface area contributed by atoms with E-state index in [0.29, 0.717) is 12.8 Å². The van der Waals surface area contributed by atoms with Crippen LogP contribution in [0.3, 0.4) is 0 Å². The number of nitrogens with zero attached hydrogens (tertiary/aromatic N) is 1. The molecule has 0 heterocycles. The number of amides is 2. The van der Waals surface area contributed by atoms with Crippen molar-refractivity contribution in [1.82, 2.24) is 10.6 Å². The number of hydrogen-bond acceptors (Lipinski definition) is 4. The van der Waals surface area contributed by atoms with Crippen molar-refractivity contribution in [2.45, 2.75) is 31.2 Å². The third-order valence-corrected chi connectivity index (χ3v) is 5.37. The van der Waals surface area contributed by atoms with Gasteiger partial charge in [-0.3, -0.25) is 19.7 Å². The van der Waals surface area contributed by atoms with Gasteiger partial charge in [0.1, 0.15) is 11.4 Å². The first-order valence-corrected chi connectivity index (χ1v) is 9.48. The highest BCUT2D eigenvalue weighted by Gasteiger charge is 2.37. The summed E-state index contributed by atoms with van der Waals surface area (Å²) < 4.78 is 13.3. The number of carbonyl (C=O) groups is 2.